The summed E-state index contributed by atoms with van der Waals surface area (Å²) in [6.45, 7) is 2.78. The number of pyridine rings is 1. The van der Waals surface area contributed by atoms with E-state index in [2.05, 4.69) is 14.9 Å². The van der Waals surface area contributed by atoms with Crippen LogP contribution in [0.3, 0.4) is 0 Å². The molecule has 0 saturated carbocycles. The van der Waals surface area contributed by atoms with Gasteiger partial charge in [0, 0.05) is 24.9 Å². The Morgan fingerprint density at radius 3 is 2.65 bits per heavy atom. The molecule has 5 heteroatoms. The number of carbonyl (C=O) groups is 1. The lowest BCUT2D eigenvalue weighted by molar-refractivity contribution is 0.0799. The SMILES string of the molecule is O=C(c1ncco1)C1CCN(Cc2ccncc2)CC1. The fourth-order valence-electron chi connectivity index (χ4n) is 2.62. The molecule has 5 nitrogen and oxygen atoms in total. The molecule has 0 radical (unpaired) electrons. The number of Topliss-reactive ketones (excluding diaryl/α,β-unsaturated/α-hetero) is 1. The first-order valence-corrected chi connectivity index (χ1v) is 6.88. The average molecular weight is 271 g/mol. The van der Waals surface area contributed by atoms with Gasteiger partial charge in [-0.3, -0.25) is 14.7 Å². The summed E-state index contributed by atoms with van der Waals surface area (Å²) in [7, 11) is 0. The van der Waals surface area contributed by atoms with Gasteiger partial charge in [0.15, 0.2) is 0 Å². The van der Waals surface area contributed by atoms with E-state index in [1.54, 1.807) is 0 Å². The van der Waals surface area contributed by atoms with Crippen molar-refractivity contribution in [2.45, 2.75) is 19.4 Å². The number of oxazole rings is 1. The Kier molecular flexibility index (Phi) is 3.87. The Labute approximate surface area is 117 Å². The number of hydrogen-bond donors (Lipinski definition) is 0. The Morgan fingerprint density at radius 1 is 1.25 bits per heavy atom. The lowest BCUT2D eigenvalue weighted by Crippen LogP contribution is -2.36. The van der Waals surface area contributed by atoms with Crippen LogP contribution in [0.25, 0.3) is 0 Å². The van der Waals surface area contributed by atoms with Crippen LogP contribution in [0.4, 0.5) is 0 Å². The topological polar surface area (TPSA) is 59.2 Å². The minimum absolute atomic E-state index is 0.0403. The maximum atomic E-state index is 12.1. The van der Waals surface area contributed by atoms with Crippen LogP contribution >= 0.6 is 0 Å². The van der Waals surface area contributed by atoms with Crippen molar-refractivity contribution in [3.05, 3.63) is 48.4 Å². The number of carbonyl (C=O) groups excluding carboxylic acids is 1. The standard InChI is InChI=1S/C15H17N3O2/c19-14(15-17-7-10-20-15)13-3-8-18(9-4-13)11-12-1-5-16-6-2-12/h1-2,5-7,10,13H,3-4,8-9,11H2. The lowest BCUT2D eigenvalue weighted by atomic mass is 9.92. The highest BCUT2D eigenvalue weighted by Gasteiger charge is 2.28. The monoisotopic (exact) mass is 271 g/mol. The molecule has 20 heavy (non-hydrogen) atoms. The summed E-state index contributed by atoms with van der Waals surface area (Å²) in [5.41, 5.74) is 1.26. The number of rotatable bonds is 4. The Hall–Kier alpha value is -2.01. The average Bonchev–Trinajstić information content (AvgIpc) is 3.03. The van der Waals surface area contributed by atoms with Gasteiger partial charge in [0.25, 0.3) is 5.89 Å². The van der Waals surface area contributed by atoms with Gasteiger partial charge in [0.05, 0.1) is 6.20 Å². The van der Waals surface area contributed by atoms with Crippen molar-refractivity contribution in [1.29, 1.82) is 0 Å². The Balaban J connectivity index is 1.53. The van der Waals surface area contributed by atoms with Gasteiger partial charge in [-0.1, -0.05) is 0 Å². The second-order valence-electron chi connectivity index (χ2n) is 5.11. The van der Waals surface area contributed by atoms with Crippen LogP contribution in [0, 0.1) is 5.92 Å². The molecule has 1 saturated heterocycles. The van der Waals surface area contributed by atoms with Crippen LogP contribution in [-0.4, -0.2) is 33.7 Å². The molecule has 0 bridgehead atoms. The predicted octanol–water partition coefficient (Wildman–Crippen LogP) is 2.16. The van der Waals surface area contributed by atoms with E-state index in [0.717, 1.165) is 32.5 Å². The predicted molar refractivity (Wildman–Crippen MR) is 73.1 cm³/mol. The summed E-state index contributed by atoms with van der Waals surface area (Å²) in [5, 5.41) is 0. The van der Waals surface area contributed by atoms with Crippen molar-refractivity contribution in [3.8, 4) is 0 Å². The maximum absolute atomic E-state index is 12.1. The molecule has 1 fully saturated rings. The molecule has 104 valence electrons. The quantitative estimate of drug-likeness (QED) is 0.798. The van der Waals surface area contributed by atoms with Crippen LogP contribution < -0.4 is 0 Å². The number of likely N-dealkylation sites (tertiary alicyclic amines) is 1. The minimum atomic E-state index is 0.0403. The first-order valence-electron chi connectivity index (χ1n) is 6.88. The second-order valence-corrected chi connectivity index (χ2v) is 5.11. The van der Waals surface area contributed by atoms with Gasteiger partial charge in [-0.25, -0.2) is 4.98 Å². The molecule has 2 aromatic rings. The van der Waals surface area contributed by atoms with Gasteiger partial charge in [-0.05, 0) is 43.6 Å². The number of hydrogen-bond acceptors (Lipinski definition) is 5. The number of nitrogens with zero attached hydrogens (tertiary/aromatic N) is 3. The largest absolute Gasteiger partial charge is 0.442 e. The number of ketones is 1. The van der Waals surface area contributed by atoms with E-state index in [0.29, 0.717) is 0 Å². The van der Waals surface area contributed by atoms with E-state index in [1.807, 2.05) is 24.5 Å². The molecule has 0 aliphatic carbocycles. The van der Waals surface area contributed by atoms with Gasteiger partial charge in [-0.2, -0.15) is 0 Å². The van der Waals surface area contributed by atoms with Gasteiger partial charge in [0.1, 0.15) is 6.26 Å². The van der Waals surface area contributed by atoms with Crippen LogP contribution in [-0.2, 0) is 6.54 Å². The molecule has 0 unspecified atom stereocenters. The smallest absolute Gasteiger partial charge is 0.263 e. The Bertz CT molecular complexity index is 546. The van der Waals surface area contributed by atoms with Gasteiger partial charge >= 0.3 is 0 Å². The van der Waals surface area contributed by atoms with E-state index < -0.39 is 0 Å². The summed E-state index contributed by atoms with van der Waals surface area (Å²) >= 11 is 0. The van der Waals surface area contributed by atoms with Crippen LogP contribution in [0.2, 0.25) is 0 Å². The van der Waals surface area contributed by atoms with Gasteiger partial charge in [0.2, 0.25) is 5.78 Å². The maximum Gasteiger partial charge on any atom is 0.263 e. The second kappa shape index (κ2) is 5.96. The third-order valence-electron chi connectivity index (χ3n) is 3.76. The molecule has 0 spiro atoms. The third-order valence-corrected chi connectivity index (χ3v) is 3.76. The fraction of sp³-hybridized carbons (Fsp3) is 0.400. The summed E-state index contributed by atoms with van der Waals surface area (Å²) < 4.78 is 5.09. The molecule has 0 N–H and O–H groups in total. The van der Waals surface area contributed by atoms with Crippen molar-refractivity contribution in [3.63, 3.8) is 0 Å². The highest BCUT2D eigenvalue weighted by molar-refractivity contribution is 5.93. The Morgan fingerprint density at radius 2 is 2.00 bits per heavy atom. The van der Waals surface area contributed by atoms with Crippen LogP contribution in [0.15, 0.2) is 41.4 Å². The molecule has 3 rings (SSSR count). The van der Waals surface area contributed by atoms with E-state index in [9.17, 15) is 4.79 Å². The van der Waals surface area contributed by atoms with Crippen LogP contribution in [0.5, 0.6) is 0 Å². The van der Waals surface area contributed by atoms with Crippen molar-refractivity contribution in [1.82, 2.24) is 14.9 Å². The van der Waals surface area contributed by atoms with E-state index in [1.165, 1.54) is 18.0 Å². The van der Waals surface area contributed by atoms with E-state index >= 15 is 0 Å². The van der Waals surface area contributed by atoms with Crippen molar-refractivity contribution < 1.29 is 9.21 Å². The van der Waals surface area contributed by atoms with E-state index in [4.69, 9.17) is 4.42 Å². The first-order chi connectivity index (χ1) is 9.83. The molecule has 1 aliphatic heterocycles. The minimum Gasteiger partial charge on any atom is -0.442 e. The zero-order valence-corrected chi connectivity index (χ0v) is 11.2. The zero-order chi connectivity index (χ0) is 13.8. The highest BCUT2D eigenvalue weighted by atomic mass is 16.3. The molecule has 0 atom stereocenters. The fourth-order valence-corrected chi connectivity index (χ4v) is 2.62. The summed E-state index contributed by atoms with van der Waals surface area (Å²) in [5.74, 6) is 0.332. The molecule has 1 aliphatic rings. The molecular weight excluding hydrogens is 254 g/mol. The number of piperidine rings is 1. The molecular formula is C15H17N3O2. The molecule has 2 aromatic heterocycles. The molecule has 0 aromatic carbocycles. The lowest BCUT2D eigenvalue weighted by Gasteiger charge is -2.30. The van der Waals surface area contributed by atoms with Crippen molar-refractivity contribution >= 4 is 5.78 Å². The molecule has 0 amide bonds. The summed E-state index contributed by atoms with van der Waals surface area (Å²) in [6.07, 6.45) is 8.33. The normalized spacial score (nSPS) is 17.2. The third kappa shape index (κ3) is 2.93. The highest BCUT2D eigenvalue weighted by Crippen LogP contribution is 2.22. The zero-order valence-electron chi connectivity index (χ0n) is 11.2. The van der Waals surface area contributed by atoms with E-state index in [-0.39, 0.29) is 17.6 Å². The van der Waals surface area contributed by atoms with Crippen molar-refractivity contribution in [2.24, 2.45) is 5.92 Å². The van der Waals surface area contributed by atoms with Gasteiger partial charge in [-0.15, -0.1) is 0 Å². The van der Waals surface area contributed by atoms with Crippen LogP contribution in [0.1, 0.15) is 29.1 Å². The summed E-state index contributed by atoms with van der Waals surface area (Å²) in [4.78, 5) is 22.5. The summed E-state index contributed by atoms with van der Waals surface area (Å²) in [6, 6.07) is 4.06. The van der Waals surface area contributed by atoms with Crippen molar-refractivity contribution in [2.75, 3.05) is 13.1 Å². The number of aromatic nitrogens is 2. The first kappa shape index (κ1) is 13.0. The molecule has 3 heterocycles. The van der Waals surface area contributed by atoms with Gasteiger partial charge < -0.3 is 4.42 Å².